The van der Waals surface area contributed by atoms with E-state index in [9.17, 15) is 19.2 Å². The summed E-state index contributed by atoms with van der Waals surface area (Å²) in [4.78, 5) is 55.0. The van der Waals surface area contributed by atoms with Crippen molar-refractivity contribution in [2.75, 3.05) is 25.6 Å². The van der Waals surface area contributed by atoms with Crippen LogP contribution in [0.5, 0.6) is 0 Å². The maximum atomic E-state index is 13.2. The highest BCUT2D eigenvalue weighted by molar-refractivity contribution is 6.15. The first-order chi connectivity index (χ1) is 12.7. The third kappa shape index (κ3) is 2.75. The molecule has 0 aliphatic carbocycles. The maximum absolute atomic E-state index is 13.2. The van der Waals surface area contributed by atoms with Crippen molar-refractivity contribution in [3.63, 3.8) is 0 Å². The standard InChI is InChI=1S/C19H23N3O5/c1-12(2)21-17(25)13-7-5-6-8-14(13)22-15(23)9-10-19(21,22)18(26)27-11-16(24)20(3)4/h5-8,12H,9-11H2,1-4H3/t19-/m0/s1. The van der Waals surface area contributed by atoms with E-state index in [4.69, 9.17) is 4.74 Å². The Hall–Kier alpha value is -2.90. The Balaban J connectivity index is 2.09. The molecule has 0 N–H and O–H groups in total. The number of ether oxygens (including phenoxy) is 1. The molecule has 2 heterocycles. The van der Waals surface area contributed by atoms with Gasteiger partial charge in [0.2, 0.25) is 11.6 Å². The summed E-state index contributed by atoms with van der Waals surface area (Å²) in [6, 6.07) is 6.38. The zero-order valence-electron chi connectivity index (χ0n) is 15.9. The van der Waals surface area contributed by atoms with Gasteiger partial charge < -0.3 is 14.5 Å². The first kappa shape index (κ1) is 18.9. The molecule has 0 spiro atoms. The second-order valence-electron chi connectivity index (χ2n) is 7.20. The van der Waals surface area contributed by atoms with Crippen LogP contribution < -0.4 is 4.90 Å². The van der Waals surface area contributed by atoms with E-state index in [1.54, 1.807) is 52.2 Å². The molecule has 1 aromatic carbocycles. The number of fused-ring (bicyclic) bond motifs is 3. The van der Waals surface area contributed by atoms with Crippen molar-refractivity contribution in [2.24, 2.45) is 0 Å². The Morgan fingerprint density at radius 3 is 2.52 bits per heavy atom. The van der Waals surface area contributed by atoms with Gasteiger partial charge in [-0.05, 0) is 26.0 Å². The van der Waals surface area contributed by atoms with Gasteiger partial charge >= 0.3 is 5.97 Å². The highest BCUT2D eigenvalue weighted by Crippen LogP contribution is 2.45. The molecule has 0 unspecified atom stereocenters. The third-order valence-electron chi connectivity index (χ3n) is 4.97. The molecule has 0 bridgehead atoms. The van der Waals surface area contributed by atoms with Crippen molar-refractivity contribution >= 4 is 29.4 Å². The lowest BCUT2D eigenvalue weighted by atomic mass is 9.95. The lowest BCUT2D eigenvalue weighted by Gasteiger charge is -2.50. The molecule has 0 aromatic heterocycles. The summed E-state index contributed by atoms with van der Waals surface area (Å²) in [6.45, 7) is 3.12. The molecule has 0 radical (unpaired) electrons. The number of hydrogen-bond donors (Lipinski definition) is 0. The Morgan fingerprint density at radius 2 is 1.89 bits per heavy atom. The SMILES string of the molecule is CC(C)N1C(=O)c2ccccc2N2C(=O)CC[C@@]21C(=O)OCC(=O)N(C)C. The van der Waals surface area contributed by atoms with Crippen molar-refractivity contribution < 1.29 is 23.9 Å². The summed E-state index contributed by atoms with van der Waals surface area (Å²) < 4.78 is 5.28. The molecule has 1 atom stereocenters. The van der Waals surface area contributed by atoms with Gasteiger partial charge in [0.15, 0.2) is 6.61 Å². The van der Waals surface area contributed by atoms with Crippen LogP contribution >= 0.6 is 0 Å². The Labute approximate surface area is 157 Å². The summed E-state index contributed by atoms with van der Waals surface area (Å²) in [6.07, 6.45) is 0.237. The molecule has 2 aliphatic rings. The second-order valence-corrected chi connectivity index (χ2v) is 7.20. The van der Waals surface area contributed by atoms with Crippen LogP contribution in [-0.4, -0.2) is 65.9 Å². The number of benzene rings is 1. The number of esters is 1. The molecule has 27 heavy (non-hydrogen) atoms. The van der Waals surface area contributed by atoms with E-state index in [0.717, 1.165) is 0 Å². The van der Waals surface area contributed by atoms with Crippen LogP contribution in [0.4, 0.5) is 5.69 Å². The number of para-hydroxylation sites is 1. The summed E-state index contributed by atoms with van der Waals surface area (Å²) in [5, 5.41) is 0. The maximum Gasteiger partial charge on any atom is 0.354 e. The normalized spacial score (nSPS) is 21.2. The first-order valence-corrected chi connectivity index (χ1v) is 8.85. The fourth-order valence-electron chi connectivity index (χ4n) is 3.75. The average molecular weight is 373 g/mol. The minimum absolute atomic E-state index is 0.113. The summed E-state index contributed by atoms with van der Waals surface area (Å²) >= 11 is 0. The molecule has 144 valence electrons. The average Bonchev–Trinajstić information content (AvgIpc) is 2.97. The van der Waals surface area contributed by atoms with Crippen molar-refractivity contribution in [2.45, 2.75) is 38.4 Å². The van der Waals surface area contributed by atoms with Gasteiger partial charge in [0.05, 0.1) is 11.3 Å². The predicted octanol–water partition coefficient (Wildman–Crippen LogP) is 1.01. The summed E-state index contributed by atoms with van der Waals surface area (Å²) in [7, 11) is 3.11. The van der Waals surface area contributed by atoms with Crippen molar-refractivity contribution in [3.05, 3.63) is 29.8 Å². The van der Waals surface area contributed by atoms with E-state index in [1.807, 2.05) is 0 Å². The summed E-state index contributed by atoms with van der Waals surface area (Å²) in [5.74, 6) is -1.73. The van der Waals surface area contributed by atoms with Crippen LogP contribution in [0, 0.1) is 0 Å². The molecule has 1 saturated heterocycles. The number of rotatable bonds is 4. The fraction of sp³-hybridized carbons (Fsp3) is 0.474. The molecular weight excluding hydrogens is 350 g/mol. The van der Waals surface area contributed by atoms with E-state index < -0.39 is 18.2 Å². The summed E-state index contributed by atoms with van der Waals surface area (Å²) in [5.41, 5.74) is -0.796. The largest absolute Gasteiger partial charge is 0.452 e. The van der Waals surface area contributed by atoms with Gasteiger partial charge in [-0.2, -0.15) is 0 Å². The zero-order chi connectivity index (χ0) is 19.9. The molecule has 1 aromatic rings. The van der Waals surface area contributed by atoms with Crippen LogP contribution in [0.15, 0.2) is 24.3 Å². The van der Waals surface area contributed by atoms with E-state index >= 15 is 0 Å². The fourth-order valence-corrected chi connectivity index (χ4v) is 3.75. The van der Waals surface area contributed by atoms with E-state index in [2.05, 4.69) is 0 Å². The minimum Gasteiger partial charge on any atom is -0.452 e. The first-order valence-electron chi connectivity index (χ1n) is 8.85. The molecule has 1 fully saturated rings. The number of amides is 3. The van der Waals surface area contributed by atoms with Gasteiger partial charge in [0.1, 0.15) is 0 Å². The molecule has 3 rings (SSSR count). The van der Waals surface area contributed by atoms with Gasteiger partial charge in [-0.15, -0.1) is 0 Å². The monoisotopic (exact) mass is 373 g/mol. The smallest absolute Gasteiger partial charge is 0.354 e. The molecule has 3 amide bonds. The third-order valence-corrected chi connectivity index (χ3v) is 4.97. The topological polar surface area (TPSA) is 87.2 Å². The molecule has 0 saturated carbocycles. The predicted molar refractivity (Wildman–Crippen MR) is 96.9 cm³/mol. The quantitative estimate of drug-likeness (QED) is 0.735. The molecular formula is C19H23N3O5. The van der Waals surface area contributed by atoms with Gasteiger partial charge in [-0.1, -0.05) is 12.1 Å². The van der Waals surface area contributed by atoms with Gasteiger partial charge in [-0.25, -0.2) is 4.79 Å². The zero-order valence-corrected chi connectivity index (χ0v) is 15.9. The lowest BCUT2D eigenvalue weighted by molar-refractivity contribution is -0.162. The second kappa shape index (κ2) is 6.68. The molecule has 2 aliphatic heterocycles. The van der Waals surface area contributed by atoms with Crippen LogP contribution in [0.25, 0.3) is 0 Å². The van der Waals surface area contributed by atoms with Gasteiger partial charge in [0.25, 0.3) is 11.8 Å². The molecule has 8 heteroatoms. The van der Waals surface area contributed by atoms with E-state index in [-0.39, 0.29) is 36.6 Å². The molecule has 8 nitrogen and oxygen atoms in total. The van der Waals surface area contributed by atoms with E-state index in [1.165, 1.54) is 14.7 Å². The number of carbonyl (C=O) groups is 4. The lowest BCUT2D eigenvalue weighted by Crippen LogP contribution is -2.70. The van der Waals surface area contributed by atoms with Crippen LogP contribution in [0.3, 0.4) is 0 Å². The number of nitrogens with zero attached hydrogens (tertiary/aromatic N) is 3. The number of carbonyl (C=O) groups excluding carboxylic acids is 4. The van der Waals surface area contributed by atoms with E-state index in [0.29, 0.717) is 11.3 Å². The van der Waals surface area contributed by atoms with Crippen molar-refractivity contribution in [1.29, 1.82) is 0 Å². The van der Waals surface area contributed by atoms with Crippen LogP contribution in [-0.2, 0) is 19.1 Å². The minimum atomic E-state index is -1.57. The number of likely N-dealkylation sites (N-methyl/N-ethyl adjacent to an activating group) is 1. The van der Waals surface area contributed by atoms with Crippen LogP contribution in [0.2, 0.25) is 0 Å². The van der Waals surface area contributed by atoms with Gasteiger partial charge in [0, 0.05) is 33.0 Å². The Bertz CT molecular complexity index is 819. The van der Waals surface area contributed by atoms with Gasteiger partial charge in [-0.3, -0.25) is 19.3 Å². The van der Waals surface area contributed by atoms with Crippen molar-refractivity contribution in [3.8, 4) is 0 Å². The van der Waals surface area contributed by atoms with Crippen LogP contribution in [0.1, 0.15) is 37.0 Å². The highest BCUT2D eigenvalue weighted by atomic mass is 16.5. The Morgan fingerprint density at radius 1 is 1.22 bits per heavy atom. The number of hydrogen-bond acceptors (Lipinski definition) is 5. The highest BCUT2D eigenvalue weighted by Gasteiger charge is 2.62. The Kier molecular flexibility index (Phi) is 4.67. The number of anilines is 1. The van der Waals surface area contributed by atoms with Crippen molar-refractivity contribution in [1.82, 2.24) is 9.80 Å².